The zero-order valence-electron chi connectivity index (χ0n) is 19.1. The Labute approximate surface area is 210 Å². The van der Waals surface area contributed by atoms with E-state index in [1.54, 1.807) is 16.8 Å². The highest BCUT2D eigenvalue weighted by atomic mass is 32.1. The van der Waals surface area contributed by atoms with Gasteiger partial charge in [0.25, 0.3) is 0 Å². The lowest BCUT2D eigenvalue weighted by Gasteiger charge is -2.48. The van der Waals surface area contributed by atoms with E-state index in [2.05, 4.69) is 37.1 Å². The van der Waals surface area contributed by atoms with E-state index in [9.17, 15) is 26.3 Å². The molecule has 2 N–H and O–H groups in total. The number of pyridine rings is 1. The number of anilines is 1. The van der Waals surface area contributed by atoms with Crippen LogP contribution in [0.1, 0.15) is 18.4 Å². The lowest BCUT2D eigenvalue weighted by atomic mass is 9.91. The average molecular weight is 559 g/mol. The summed E-state index contributed by atoms with van der Waals surface area (Å²) in [6.07, 6.45) is -4.18. The Kier molecular flexibility index (Phi) is 10.6. The molecular weight excluding hydrogens is 536 g/mol. The third-order valence-electron chi connectivity index (χ3n) is 5.13. The summed E-state index contributed by atoms with van der Waals surface area (Å²) in [4.78, 5) is 26.7. The van der Waals surface area contributed by atoms with Crippen LogP contribution in [0.4, 0.5) is 31.5 Å². The van der Waals surface area contributed by atoms with Gasteiger partial charge in [0.1, 0.15) is 5.51 Å². The van der Waals surface area contributed by atoms with Crippen molar-refractivity contribution in [1.82, 2.24) is 20.1 Å². The van der Waals surface area contributed by atoms with E-state index >= 15 is 0 Å². The fourth-order valence-electron chi connectivity index (χ4n) is 3.62. The van der Waals surface area contributed by atoms with Crippen LogP contribution >= 0.6 is 11.3 Å². The molecule has 0 aliphatic carbocycles. The molecule has 0 radical (unpaired) electrons. The van der Waals surface area contributed by atoms with Gasteiger partial charge >= 0.3 is 24.3 Å². The fourth-order valence-corrected chi connectivity index (χ4v) is 4.21. The molecule has 0 saturated carbocycles. The molecule has 2 aliphatic rings. The molecule has 0 aromatic carbocycles. The van der Waals surface area contributed by atoms with E-state index in [0.717, 1.165) is 57.3 Å². The first-order valence-electron chi connectivity index (χ1n) is 10.6. The first kappa shape index (κ1) is 30.2. The zero-order chi connectivity index (χ0) is 27.7. The highest BCUT2D eigenvalue weighted by molar-refractivity contribution is 7.13. The van der Waals surface area contributed by atoms with Crippen LogP contribution < -0.4 is 4.90 Å². The molecule has 2 aromatic rings. The van der Waals surface area contributed by atoms with Crippen molar-refractivity contribution < 1.29 is 50.9 Å². The molecule has 2 fully saturated rings. The molecule has 4 heterocycles. The van der Waals surface area contributed by atoms with Crippen LogP contribution in [0.5, 0.6) is 0 Å². The number of halogens is 6. The maximum Gasteiger partial charge on any atom is 0.490 e. The van der Waals surface area contributed by atoms with Gasteiger partial charge in [-0.05, 0) is 30.5 Å². The van der Waals surface area contributed by atoms with Crippen molar-refractivity contribution in [3.05, 3.63) is 35.6 Å². The van der Waals surface area contributed by atoms with E-state index in [4.69, 9.17) is 24.5 Å². The predicted molar refractivity (Wildman–Crippen MR) is 117 cm³/mol. The number of hydrogen-bond donors (Lipinski definition) is 2. The topological polar surface area (TPSA) is 129 Å². The van der Waals surface area contributed by atoms with Crippen molar-refractivity contribution in [3.8, 4) is 0 Å². The summed E-state index contributed by atoms with van der Waals surface area (Å²) < 4.78 is 69.7. The Balaban J connectivity index is 0.000000286. The number of ether oxygens (including phenoxy) is 1. The molecule has 37 heavy (non-hydrogen) atoms. The maximum absolute atomic E-state index is 10.6. The van der Waals surface area contributed by atoms with Crippen LogP contribution in [0, 0.1) is 0 Å². The van der Waals surface area contributed by atoms with Crippen molar-refractivity contribution >= 4 is 28.4 Å². The summed E-state index contributed by atoms with van der Waals surface area (Å²) in [6.45, 7) is 5.69. The molecular formula is C20H23F6N5O5S. The second kappa shape index (κ2) is 13.0. The molecule has 17 heteroatoms. The summed E-state index contributed by atoms with van der Waals surface area (Å²) in [7, 11) is 0. The minimum Gasteiger partial charge on any atom is -0.475 e. The minimum absolute atomic E-state index is 0.0742. The van der Waals surface area contributed by atoms with E-state index < -0.39 is 24.3 Å². The van der Waals surface area contributed by atoms with Gasteiger partial charge < -0.3 is 19.8 Å². The Bertz CT molecular complexity index is 968. The van der Waals surface area contributed by atoms with E-state index in [1.165, 1.54) is 5.56 Å². The Morgan fingerprint density at radius 1 is 1.03 bits per heavy atom. The number of aliphatic carboxylic acids is 2. The van der Waals surface area contributed by atoms with Gasteiger partial charge in [-0.3, -0.25) is 9.88 Å². The first-order valence-corrected chi connectivity index (χ1v) is 11.5. The normalized spacial score (nSPS) is 20.3. The summed E-state index contributed by atoms with van der Waals surface area (Å²) in [6, 6.07) is 4.19. The molecule has 4 rings (SSSR count). The molecule has 1 unspecified atom stereocenters. The number of aromatic nitrogens is 3. The number of hydrogen-bond acceptors (Lipinski definition) is 9. The fraction of sp³-hybridized carbons (Fsp3) is 0.550. The van der Waals surface area contributed by atoms with Crippen molar-refractivity contribution in [3.63, 3.8) is 0 Å². The highest BCUT2D eigenvalue weighted by Crippen LogP contribution is 2.32. The third-order valence-corrected chi connectivity index (χ3v) is 5.88. The first-order chi connectivity index (χ1) is 17.2. The second-order valence-electron chi connectivity index (χ2n) is 7.95. The van der Waals surface area contributed by atoms with Crippen LogP contribution in [-0.4, -0.2) is 93.0 Å². The number of carboxylic acid groups (broad SMARTS) is 2. The second-order valence-corrected chi connectivity index (χ2v) is 8.76. The van der Waals surface area contributed by atoms with Crippen molar-refractivity contribution in [2.75, 3.05) is 37.7 Å². The predicted octanol–water partition coefficient (Wildman–Crippen LogP) is 3.07. The smallest absolute Gasteiger partial charge is 0.475 e. The van der Waals surface area contributed by atoms with Gasteiger partial charge in [0.15, 0.2) is 0 Å². The zero-order valence-corrected chi connectivity index (χ0v) is 19.9. The molecule has 2 aromatic heterocycles. The quantitative estimate of drug-likeness (QED) is 0.542. The average Bonchev–Trinajstić information content (AvgIpc) is 3.35. The van der Waals surface area contributed by atoms with Gasteiger partial charge in [-0.1, -0.05) is 11.3 Å². The monoisotopic (exact) mass is 559 g/mol. The number of carbonyl (C=O) groups is 2. The standard InChI is InChI=1S/C16H21N5OS.2C2HF3O2/c1-4-16(12-21(7-1)15-19-18-13-23-15)11-20(8-9-22-16)10-14-2-5-17-6-3-14;2*3-2(4,5)1(6)7/h2-3,5-6,13H,1,4,7-12H2;2*(H,6,7). The van der Waals surface area contributed by atoms with Crippen molar-refractivity contribution in [2.24, 2.45) is 0 Å². The highest BCUT2D eigenvalue weighted by Gasteiger charge is 2.41. The molecule has 0 amide bonds. The number of alkyl halides is 6. The summed E-state index contributed by atoms with van der Waals surface area (Å²) in [5, 5.41) is 23.5. The molecule has 1 spiro atoms. The molecule has 206 valence electrons. The SMILES string of the molecule is O=C(O)C(F)(F)F.O=C(O)C(F)(F)F.c1cc(CN2CCOC3(CCCN(c4nncs4)C3)C2)ccn1. The number of nitrogens with zero attached hydrogens (tertiary/aromatic N) is 5. The lowest BCUT2D eigenvalue weighted by molar-refractivity contribution is -0.193. The van der Waals surface area contributed by atoms with Gasteiger partial charge in [-0.25, -0.2) is 9.59 Å². The van der Waals surface area contributed by atoms with Gasteiger partial charge in [0.05, 0.1) is 18.8 Å². The lowest BCUT2D eigenvalue weighted by Crippen LogP contribution is -2.59. The molecule has 10 nitrogen and oxygen atoms in total. The van der Waals surface area contributed by atoms with Crippen LogP contribution in [0.25, 0.3) is 0 Å². The van der Waals surface area contributed by atoms with E-state index in [-0.39, 0.29) is 5.60 Å². The Morgan fingerprint density at radius 3 is 2.14 bits per heavy atom. The molecule has 0 bridgehead atoms. The molecule has 2 saturated heterocycles. The third kappa shape index (κ3) is 10.1. The van der Waals surface area contributed by atoms with Crippen LogP contribution in [-0.2, 0) is 20.9 Å². The van der Waals surface area contributed by atoms with Gasteiger partial charge in [-0.15, -0.1) is 10.2 Å². The Hall–Kier alpha value is -3.05. The van der Waals surface area contributed by atoms with Gasteiger partial charge in [0.2, 0.25) is 5.13 Å². The largest absolute Gasteiger partial charge is 0.490 e. The van der Waals surface area contributed by atoms with Gasteiger partial charge in [0, 0.05) is 38.6 Å². The van der Waals surface area contributed by atoms with Crippen LogP contribution in [0.15, 0.2) is 30.0 Å². The van der Waals surface area contributed by atoms with Crippen LogP contribution in [0.3, 0.4) is 0 Å². The Morgan fingerprint density at radius 2 is 1.62 bits per heavy atom. The summed E-state index contributed by atoms with van der Waals surface area (Å²) in [5.74, 6) is -5.51. The van der Waals surface area contributed by atoms with E-state index in [1.807, 2.05) is 12.4 Å². The number of morpholine rings is 1. The number of carboxylic acids is 2. The molecule has 1 atom stereocenters. The van der Waals surface area contributed by atoms with Gasteiger partial charge in [-0.2, -0.15) is 26.3 Å². The maximum atomic E-state index is 10.6. The van der Waals surface area contributed by atoms with Crippen molar-refractivity contribution in [1.29, 1.82) is 0 Å². The molecule has 2 aliphatic heterocycles. The number of piperidine rings is 1. The van der Waals surface area contributed by atoms with E-state index in [0.29, 0.717) is 0 Å². The number of rotatable bonds is 3. The van der Waals surface area contributed by atoms with Crippen LogP contribution in [0.2, 0.25) is 0 Å². The summed E-state index contributed by atoms with van der Waals surface area (Å²) in [5.41, 5.74) is 3.04. The minimum atomic E-state index is -5.08. The summed E-state index contributed by atoms with van der Waals surface area (Å²) >= 11 is 1.61. The van der Waals surface area contributed by atoms with Crippen molar-refractivity contribution in [2.45, 2.75) is 37.3 Å².